The summed E-state index contributed by atoms with van der Waals surface area (Å²) < 4.78 is 33.5. The van der Waals surface area contributed by atoms with Crippen LogP contribution in [0, 0.1) is 0 Å². The number of unbranched alkanes of at least 4 members (excludes halogenated alkanes) is 24. The van der Waals surface area contributed by atoms with Crippen LogP contribution in [0.3, 0.4) is 0 Å². The molecule has 1 aliphatic carbocycles. The molecule has 1 fully saturated rings. The number of ether oxygens (including phenoxy) is 2. The number of aliphatic hydroxyl groups excluding tert-OH is 5. The second-order valence-corrected chi connectivity index (χ2v) is 19.8. The molecule has 0 aromatic carbocycles. The van der Waals surface area contributed by atoms with E-state index < -0.39 is 75.7 Å². The fourth-order valence-electron chi connectivity index (χ4n) is 7.87. The van der Waals surface area contributed by atoms with E-state index in [0.29, 0.717) is 19.3 Å². The minimum absolute atomic E-state index is 0.0456. The average molecular weight is 971 g/mol. The number of carbonyl (C=O) groups excluding carboxylic acids is 2. The summed E-state index contributed by atoms with van der Waals surface area (Å²) in [7, 11) is -5.14. The maximum Gasteiger partial charge on any atom is 0.472 e. The average Bonchev–Trinajstić information content (AvgIpc) is 3.31. The van der Waals surface area contributed by atoms with Crippen molar-refractivity contribution in [2.45, 2.75) is 262 Å². The van der Waals surface area contributed by atoms with Crippen molar-refractivity contribution in [3.63, 3.8) is 0 Å². The number of hydrogen-bond donors (Lipinski definition) is 6. The Morgan fingerprint density at radius 2 is 0.836 bits per heavy atom. The van der Waals surface area contributed by atoms with E-state index in [9.17, 15) is 44.6 Å². The largest absolute Gasteiger partial charge is 0.472 e. The highest BCUT2D eigenvalue weighted by molar-refractivity contribution is 7.47. The first kappa shape index (κ1) is 62.8. The minimum Gasteiger partial charge on any atom is -0.462 e. The molecule has 0 aromatic rings. The molecule has 6 N–H and O–H groups in total. The Morgan fingerprint density at radius 1 is 0.463 bits per heavy atom. The summed E-state index contributed by atoms with van der Waals surface area (Å²) in [5.74, 6) is -1.18. The van der Waals surface area contributed by atoms with Crippen LogP contribution < -0.4 is 0 Å². The molecular weight excluding hydrogens is 876 g/mol. The maximum absolute atomic E-state index is 12.8. The summed E-state index contributed by atoms with van der Waals surface area (Å²) in [6.07, 6.45) is 39.0. The molecule has 14 heteroatoms. The van der Waals surface area contributed by atoms with Gasteiger partial charge in [0.1, 0.15) is 43.2 Å². The van der Waals surface area contributed by atoms with Gasteiger partial charge in [0, 0.05) is 12.8 Å². The van der Waals surface area contributed by atoms with Gasteiger partial charge in [-0.1, -0.05) is 178 Å². The van der Waals surface area contributed by atoms with Gasteiger partial charge < -0.3 is 39.9 Å². The summed E-state index contributed by atoms with van der Waals surface area (Å²) in [5.41, 5.74) is 0. The molecule has 0 bridgehead atoms. The van der Waals surface area contributed by atoms with Gasteiger partial charge in [0.2, 0.25) is 0 Å². The number of esters is 2. The van der Waals surface area contributed by atoms with Gasteiger partial charge in [-0.2, -0.15) is 0 Å². The summed E-state index contributed by atoms with van der Waals surface area (Å²) in [4.78, 5) is 35.8. The molecule has 1 saturated carbocycles. The van der Waals surface area contributed by atoms with Crippen LogP contribution in [-0.2, 0) is 32.7 Å². The molecule has 0 saturated heterocycles. The third-order valence-electron chi connectivity index (χ3n) is 12.1. The zero-order valence-electron chi connectivity index (χ0n) is 41.7. The molecule has 0 aliphatic heterocycles. The summed E-state index contributed by atoms with van der Waals surface area (Å²) >= 11 is 0. The van der Waals surface area contributed by atoms with E-state index in [4.69, 9.17) is 18.5 Å². The van der Waals surface area contributed by atoms with E-state index in [0.717, 1.165) is 44.9 Å². The van der Waals surface area contributed by atoms with E-state index in [1.807, 2.05) is 6.08 Å². The topological polar surface area (TPSA) is 210 Å². The van der Waals surface area contributed by atoms with Crippen molar-refractivity contribution in [2.75, 3.05) is 13.2 Å². The first-order chi connectivity index (χ1) is 32.4. The fraction of sp³-hybridized carbons (Fsp3) is 0.811. The number of allylic oxidation sites excluding steroid dienone is 8. The quantitative estimate of drug-likeness (QED) is 0.0145. The number of carbonyl (C=O) groups is 2. The first-order valence-corrected chi connectivity index (χ1v) is 27.9. The SMILES string of the molecule is CCCCCCCC/C=C/C/C=C/CCCCC(=O)O[C@@H](COC(=O)CCC/C=C/CC/C=C/CCCCCCCCCCCCCCCC)COP(=O)(O)OC1C(O)C(O)C(O)[C@H](O)C1O. The van der Waals surface area contributed by atoms with Crippen LogP contribution in [0.4, 0.5) is 0 Å². The fourth-order valence-corrected chi connectivity index (χ4v) is 8.84. The third kappa shape index (κ3) is 34.7. The number of phosphoric acid groups is 1. The van der Waals surface area contributed by atoms with E-state index in [2.05, 4.69) is 56.4 Å². The van der Waals surface area contributed by atoms with Crippen molar-refractivity contribution < 1.29 is 63.1 Å². The van der Waals surface area contributed by atoms with Gasteiger partial charge in [-0.25, -0.2) is 4.57 Å². The molecule has 0 radical (unpaired) electrons. The van der Waals surface area contributed by atoms with E-state index in [1.165, 1.54) is 128 Å². The predicted octanol–water partition coefficient (Wildman–Crippen LogP) is 11.5. The molecule has 0 aromatic heterocycles. The van der Waals surface area contributed by atoms with Crippen LogP contribution in [0.1, 0.15) is 219 Å². The molecular formula is C53H95O13P. The predicted molar refractivity (Wildman–Crippen MR) is 267 cm³/mol. The molecule has 13 nitrogen and oxygen atoms in total. The smallest absolute Gasteiger partial charge is 0.462 e. The van der Waals surface area contributed by atoms with Gasteiger partial charge >= 0.3 is 19.8 Å². The Labute approximate surface area is 405 Å². The normalized spacial score (nSPS) is 21.5. The van der Waals surface area contributed by atoms with Crippen LogP contribution in [-0.4, -0.2) is 98.3 Å². The van der Waals surface area contributed by atoms with Crippen molar-refractivity contribution in [2.24, 2.45) is 0 Å². The van der Waals surface area contributed by atoms with Crippen LogP contribution in [0.2, 0.25) is 0 Å². The lowest BCUT2D eigenvalue weighted by Crippen LogP contribution is -2.64. The van der Waals surface area contributed by atoms with E-state index in [1.54, 1.807) is 0 Å². The lowest BCUT2D eigenvalue weighted by Gasteiger charge is -2.41. The third-order valence-corrected chi connectivity index (χ3v) is 13.1. The lowest BCUT2D eigenvalue weighted by molar-refractivity contribution is -0.220. The van der Waals surface area contributed by atoms with Gasteiger partial charge in [-0.05, 0) is 77.0 Å². The summed E-state index contributed by atoms with van der Waals surface area (Å²) in [6, 6.07) is 0. The summed E-state index contributed by atoms with van der Waals surface area (Å²) in [5, 5.41) is 50.2. The lowest BCUT2D eigenvalue weighted by atomic mass is 9.85. The molecule has 0 heterocycles. The Balaban J connectivity index is 2.41. The molecule has 6 unspecified atom stereocenters. The molecule has 67 heavy (non-hydrogen) atoms. The number of phosphoric ester groups is 1. The molecule has 0 spiro atoms. The molecule has 390 valence electrons. The number of rotatable bonds is 44. The second kappa shape index (κ2) is 42.7. The standard InChI is InChI=1S/C53H95O13P/c1-3-5-7-9-11-13-15-17-19-20-21-22-23-24-25-26-28-29-31-33-35-37-39-41-46(54)63-43-45(44-64-67(61,62)66-53-51(59)49(57)48(56)50(58)52(53)60)65-47(55)42-40-38-36-34-32-30-27-18-16-14-12-10-8-6-4-2/h18,26-28,32-35,45,48-53,56-60H,3-17,19-25,29-31,36-44H2,1-2H3,(H,61,62)/b27-18+,28-26+,34-32+,35-33+/t45-,48?,49-,50?,51?,52?,53?/m0/s1. The highest BCUT2D eigenvalue weighted by Gasteiger charge is 2.51. The Hall–Kier alpha value is -2.19. The molecule has 1 aliphatic rings. The molecule has 0 amide bonds. The van der Waals surface area contributed by atoms with Gasteiger partial charge in [0.25, 0.3) is 0 Å². The van der Waals surface area contributed by atoms with Crippen LogP contribution >= 0.6 is 7.82 Å². The number of aliphatic hydroxyl groups is 5. The van der Waals surface area contributed by atoms with Gasteiger partial charge in [-0.15, -0.1) is 0 Å². The van der Waals surface area contributed by atoms with E-state index >= 15 is 0 Å². The van der Waals surface area contributed by atoms with Crippen molar-refractivity contribution >= 4 is 19.8 Å². The zero-order valence-corrected chi connectivity index (χ0v) is 42.6. The second-order valence-electron chi connectivity index (χ2n) is 18.4. The highest BCUT2D eigenvalue weighted by atomic mass is 31.2. The molecule has 8 atom stereocenters. The molecule has 1 rings (SSSR count). The zero-order chi connectivity index (χ0) is 49.2. The van der Waals surface area contributed by atoms with Gasteiger partial charge in [0.05, 0.1) is 6.61 Å². The monoisotopic (exact) mass is 971 g/mol. The van der Waals surface area contributed by atoms with Crippen molar-refractivity contribution in [3.8, 4) is 0 Å². The summed E-state index contributed by atoms with van der Waals surface area (Å²) in [6.45, 7) is 3.26. The Bertz CT molecular complexity index is 1350. The van der Waals surface area contributed by atoms with Crippen molar-refractivity contribution in [1.29, 1.82) is 0 Å². The Morgan fingerprint density at radius 3 is 1.31 bits per heavy atom. The minimum atomic E-state index is -5.14. The van der Waals surface area contributed by atoms with Gasteiger partial charge in [-0.3, -0.25) is 18.6 Å². The van der Waals surface area contributed by atoms with E-state index in [-0.39, 0.29) is 12.8 Å². The maximum atomic E-state index is 12.8. The van der Waals surface area contributed by atoms with Crippen LogP contribution in [0.15, 0.2) is 48.6 Å². The number of hydrogen-bond acceptors (Lipinski definition) is 12. The van der Waals surface area contributed by atoms with Crippen molar-refractivity contribution in [3.05, 3.63) is 48.6 Å². The first-order valence-electron chi connectivity index (χ1n) is 26.4. The van der Waals surface area contributed by atoms with Gasteiger partial charge in [0.15, 0.2) is 6.10 Å². The highest BCUT2D eigenvalue weighted by Crippen LogP contribution is 2.47. The van der Waals surface area contributed by atoms with Crippen LogP contribution in [0.5, 0.6) is 0 Å². The van der Waals surface area contributed by atoms with Crippen molar-refractivity contribution in [1.82, 2.24) is 0 Å². The van der Waals surface area contributed by atoms with Crippen LogP contribution in [0.25, 0.3) is 0 Å². The Kier molecular flexibility index (Phi) is 40.0.